The fourth-order valence-electron chi connectivity index (χ4n) is 1.93. The molecule has 1 saturated heterocycles. The lowest BCUT2D eigenvalue weighted by molar-refractivity contribution is 0.562. The summed E-state index contributed by atoms with van der Waals surface area (Å²) in [6.45, 7) is 0. The second-order valence-corrected chi connectivity index (χ2v) is 7.26. The number of thioether (sulfide) groups is 1. The Bertz CT molecular complexity index is 307. The Kier molecular flexibility index (Phi) is 4.55. The normalized spacial score (nSPS) is 24.0. The number of hydrogen-bond donors (Lipinski definition) is 1. The predicted octanol–water partition coefficient (Wildman–Crippen LogP) is 3.67. The average molecular weight is 306 g/mol. The summed E-state index contributed by atoms with van der Waals surface area (Å²) in [5, 5.41) is 2.82. The molecule has 2 heterocycles. The quantitative estimate of drug-likeness (QED) is 0.922. The highest BCUT2D eigenvalue weighted by Crippen LogP contribution is 2.29. The van der Waals surface area contributed by atoms with Crippen molar-refractivity contribution in [3.8, 4) is 0 Å². The Morgan fingerprint density at radius 2 is 2.40 bits per heavy atom. The average Bonchev–Trinajstić information content (AvgIpc) is 2.65. The van der Waals surface area contributed by atoms with Gasteiger partial charge in [0.05, 0.1) is 0 Å². The van der Waals surface area contributed by atoms with Gasteiger partial charge in [0.2, 0.25) is 0 Å². The number of halogens is 1. The van der Waals surface area contributed by atoms with Gasteiger partial charge in [-0.05, 0) is 47.0 Å². The molecule has 1 fully saturated rings. The van der Waals surface area contributed by atoms with Gasteiger partial charge < -0.3 is 5.73 Å². The molecule has 0 aliphatic carbocycles. The van der Waals surface area contributed by atoms with Gasteiger partial charge in [-0.1, -0.05) is 6.42 Å². The van der Waals surface area contributed by atoms with Crippen LogP contribution in [-0.2, 0) is 6.42 Å². The van der Waals surface area contributed by atoms with Crippen LogP contribution in [0.25, 0.3) is 0 Å². The minimum atomic E-state index is 0.334. The predicted molar refractivity (Wildman–Crippen MR) is 73.8 cm³/mol. The van der Waals surface area contributed by atoms with Crippen LogP contribution in [0.5, 0.6) is 0 Å². The van der Waals surface area contributed by atoms with Crippen LogP contribution in [0.4, 0.5) is 0 Å². The van der Waals surface area contributed by atoms with Crippen LogP contribution in [-0.4, -0.2) is 17.0 Å². The first-order valence-corrected chi connectivity index (χ1v) is 8.08. The van der Waals surface area contributed by atoms with Crippen molar-refractivity contribution in [1.29, 1.82) is 0 Å². The molecule has 1 aromatic heterocycles. The van der Waals surface area contributed by atoms with Crippen LogP contribution < -0.4 is 5.73 Å². The molecule has 0 spiro atoms. The van der Waals surface area contributed by atoms with Gasteiger partial charge in [0.1, 0.15) is 0 Å². The molecule has 1 aromatic rings. The van der Waals surface area contributed by atoms with E-state index in [1.54, 1.807) is 11.3 Å². The summed E-state index contributed by atoms with van der Waals surface area (Å²) in [5.41, 5.74) is 6.26. The van der Waals surface area contributed by atoms with E-state index in [4.69, 9.17) is 5.73 Å². The van der Waals surface area contributed by atoms with Gasteiger partial charge >= 0.3 is 0 Å². The summed E-state index contributed by atoms with van der Waals surface area (Å²) >= 11 is 7.35. The lowest BCUT2D eigenvalue weighted by Crippen LogP contribution is -2.35. The molecule has 1 nitrogen and oxygen atoms in total. The van der Waals surface area contributed by atoms with Crippen molar-refractivity contribution in [3.63, 3.8) is 0 Å². The topological polar surface area (TPSA) is 26.0 Å². The van der Waals surface area contributed by atoms with Crippen molar-refractivity contribution in [2.45, 2.75) is 37.0 Å². The van der Waals surface area contributed by atoms with E-state index in [-0.39, 0.29) is 0 Å². The second kappa shape index (κ2) is 5.71. The first-order chi connectivity index (χ1) is 7.25. The molecule has 0 bridgehead atoms. The summed E-state index contributed by atoms with van der Waals surface area (Å²) in [6.07, 6.45) is 5.07. The lowest BCUT2D eigenvalue weighted by atomic mass is 10.0. The maximum Gasteiger partial charge on any atom is 0.0285 e. The van der Waals surface area contributed by atoms with Crippen molar-refractivity contribution in [1.82, 2.24) is 0 Å². The highest BCUT2D eigenvalue weighted by Gasteiger charge is 2.21. The van der Waals surface area contributed by atoms with Crippen molar-refractivity contribution in [2.24, 2.45) is 5.73 Å². The molecule has 1 aliphatic rings. The maximum atomic E-state index is 6.26. The zero-order valence-corrected chi connectivity index (χ0v) is 11.8. The van der Waals surface area contributed by atoms with Crippen LogP contribution in [0, 0.1) is 0 Å². The van der Waals surface area contributed by atoms with Gasteiger partial charge in [0, 0.05) is 26.0 Å². The maximum absolute atomic E-state index is 6.26. The molecule has 84 valence electrons. The number of hydrogen-bond acceptors (Lipinski definition) is 3. The molecule has 2 unspecified atom stereocenters. The zero-order chi connectivity index (χ0) is 10.7. The second-order valence-electron chi connectivity index (χ2n) is 4.00. The zero-order valence-electron chi connectivity index (χ0n) is 8.62. The fourth-order valence-corrected chi connectivity index (χ4v) is 4.80. The van der Waals surface area contributed by atoms with Gasteiger partial charge in [-0.3, -0.25) is 0 Å². The van der Waals surface area contributed by atoms with Crippen molar-refractivity contribution >= 4 is 39.0 Å². The van der Waals surface area contributed by atoms with Gasteiger partial charge in [0.25, 0.3) is 0 Å². The van der Waals surface area contributed by atoms with Crippen LogP contribution in [0.3, 0.4) is 0 Å². The lowest BCUT2D eigenvalue weighted by Gasteiger charge is -2.26. The summed E-state index contributed by atoms with van der Waals surface area (Å²) in [6, 6.07) is 2.53. The number of nitrogens with two attached hydrogens (primary N) is 1. The Hall–Kier alpha value is 0.490. The third-order valence-corrected chi connectivity index (χ3v) is 6.01. The molecule has 4 heteroatoms. The smallest absolute Gasteiger partial charge is 0.0285 e. The number of thiophene rings is 1. The molecule has 15 heavy (non-hydrogen) atoms. The molecular formula is C11H16BrNS2. The van der Waals surface area contributed by atoms with Gasteiger partial charge in [-0.15, -0.1) is 11.3 Å². The minimum absolute atomic E-state index is 0.334. The first-order valence-electron chi connectivity index (χ1n) is 5.36. The van der Waals surface area contributed by atoms with E-state index in [9.17, 15) is 0 Å². The fraction of sp³-hybridized carbons (Fsp3) is 0.636. The SMILES string of the molecule is NC(Cc1cc(Br)cs1)C1CCCCS1. The molecule has 0 aromatic carbocycles. The Morgan fingerprint density at radius 1 is 1.53 bits per heavy atom. The van der Waals surface area contributed by atoms with Crippen LogP contribution in [0.1, 0.15) is 24.1 Å². The third-order valence-electron chi connectivity index (χ3n) is 2.75. The van der Waals surface area contributed by atoms with Crippen LogP contribution in [0.2, 0.25) is 0 Å². The van der Waals surface area contributed by atoms with E-state index >= 15 is 0 Å². The third kappa shape index (κ3) is 3.48. The van der Waals surface area contributed by atoms with E-state index in [0.29, 0.717) is 11.3 Å². The van der Waals surface area contributed by atoms with E-state index in [1.165, 1.54) is 34.4 Å². The molecule has 2 atom stereocenters. The molecule has 2 rings (SSSR count). The number of rotatable bonds is 3. The van der Waals surface area contributed by atoms with E-state index in [0.717, 1.165) is 6.42 Å². The van der Waals surface area contributed by atoms with E-state index in [1.807, 2.05) is 0 Å². The summed E-state index contributed by atoms with van der Waals surface area (Å²) in [4.78, 5) is 1.40. The van der Waals surface area contributed by atoms with Crippen molar-refractivity contribution < 1.29 is 0 Å². The Labute approximate surface area is 108 Å². The van der Waals surface area contributed by atoms with Crippen LogP contribution >= 0.6 is 39.0 Å². The molecule has 0 radical (unpaired) electrons. The van der Waals surface area contributed by atoms with Crippen molar-refractivity contribution in [2.75, 3.05) is 5.75 Å². The van der Waals surface area contributed by atoms with Crippen molar-refractivity contribution in [3.05, 3.63) is 20.8 Å². The van der Waals surface area contributed by atoms with Gasteiger partial charge in [0.15, 0.2) is 0 Å². The monoisotopic (exact) mass is 305 g/mol. The highest BCUT2D eigenvalue weighted by molar-refractivity contribution is 9.10. The van der Waals surface area contributed by atoms with Gasteiger partial charge in [-0.2, -0.15) is 11.8 Å². The minimum Gasteiger partial charge on any atom is -0.326 e. The Morgan fingerprint density at radius 3 is 3.00 bits per heavy atom. The summed E-state index contributed by atoms with van der Waals surface area (Å²) in [5.74, 6) is 1.30. The van der Waals surface area contributed by atoms with E-state index in [2.05, 4.69) is 39.1 Å². The molecular weight excluding hydrogens is 290 g/mol. The molecule has 0 amide bonds. The van der Waals surface area contributed by atoms with Crippen LogP contribution in [0.15, 0.2) is 15.9 Å². The van der Waals surface area contributed by atoms with E-state index < -0.39 is 0 Å². The molecule has 1 aliphatic heterocycles. The largest absolute Gasteiger partial charge is 0.326 e. The van der Waals surface area contributed by atoms with Gasteiger partial charge in [-0.25, -0.2) is 0 Å². The highest BCUT2D eigenvalue weighted by atomic mass is 79.9. The summed E-state index contributed by atoms with van der Waals surface area (Å²) < 4.78 is 1.19. The first kappa shape index (κ1) is 12.0. The summed E-state index contributed by atoms with van der Waals surface area (Å²) in [7, 11) is 0. The molecule has 0 saturated carbocycles. The standard InChI is InChI=1S/C11H16BrNS2/c12-8-5-9(15-7-8)6-10(13)11-3-1-2-4-14-11/h5,7,10-11H,1-4,6,13H2. The Balaban J connectivity index is 1.88. The molecule has 2 N–H and O–H groups in total.